The second-order valence-electron chi connectivity index (χ2n) is 4.00. The van der Waals surface area contributed by atoms with E-state index in [9.17, 15) is 18.0 Å². The average molecular weight is 361 g/mol. The molecule has 0 radical (unpaired) electrons. The Kier molecular flexibility index (Phi) is 4.69. The molecule has 0 atom stereocenters. The van der Waals surface area contributed by atoms with Gasteiger partial charge in [-0.15, -0.1) is 11.3 Å². The molecule has 0 aliphatic rings. The molecule has 1 heterocycles. The van der Waals surface area contributed by atoms with Crippen molar-refractivity contribution in [1.82, 2.24) is 4.72 Å². The maximum atomic E-state index is 11.9. The minimum atomic E-state index is -4.00. The molecule has 0 aliphatic carbocycles. The summed E-state index contributed by atoms with van der Waals surface area (Å²) in [5.74, 6) is -1.10. The van der Waals surface area contributed by atoms with Crippen molar-refractivity contribution in [2.24, 2.45) is 0 Å². The zero-order chi connectivity index (χ0) is 16.3. The molecule has 0 unspecified atom stereocenters. The molecule has 3 N–H and O–H groups in total. The maximum absolute atomic E-state index is 11.9. The molecule has 2 rings (SSSR count). The summed E-state index contributed by atoms with van der Waals surface area (Å²) in [6.45, 7) is 0. The van der Waals surface area contributed by atoms with Crippen LogP contribution in [0.5, 0.6) is 0 Å². The summed E-state index contributed by atoms with van der Waals surface area (Å²) in [7, 11) is -4.00. The number of carboxylic acid groups (broad SMARTS) is 1. The number of hydrogen-bond donors (Lipinski definition) is 3. The van der Waals surface area contributed by atoms with E-state index in [1.165, 1.54) is 36.4 Å². The van der Waals surface area contributed by atoms with E-state index in [-0.39, 0.29) is 19.8 Å². The molecule has 0 saturated heterocycles. The molecule has 116 valence electrons. The number of amides is 2. The summed E-state index contributed by atoms with van der Waals surface area (Å²) in [6, 6.07) is 6.98. The quantitative estimate of drug-likeness (QED) is 0.775. The minimum Gasteiger partial charge on any atom is -0.478 e. The van der Waals surface area contributed by atoms with Crippen LogP contribution in [0.2, 0.25) is 4.34 Å². The van der Waals surface area contributed by atoms with Gasteiger partial charge in [-0.25, -0.2) is 22.7 Å². The lowest BCUT2D eigenvalue weighted by molar-refractivity contribution is 0.0697. The smallest absolute Gasteiger partial charge is 0.335 e. The first-order chi connectivity index (χ1) is 10.3. The van der Waals surface area contributed by atoms with Crippen molar-refractivity contribution >= 4 is 50.6 Å². The van der Waals surface area contributed by atoms with Gasteiger partial charge in [0.05, 0.1) is 9.90 Å². The van der Waals surface area contributed by atoms with E-state index in [1.807, 2.05) is 4.72 Å². The Hall–Kier alpha value is -2.10. The summed E-state index contributed by atoms with van der Waals surface area (Å²) in [4.78, 5) is 22.4. The zero-order valence-electron chi connectivity index (χ0n) is 10.7. The standard InChI is InChI=1S/C12H9ClN2O5S2/c13-9-5-6-10(21-9)22(19,20)15-12(18)14-8-3-1-7(2-4-8)11(16)17/h1-6H,(H,16,17)(H2,14,15,18). The van der Waals surface area contributed by atoms with Crippen molar-refractivity contribution in [3.05, 3.63) is 46.3 Å². The van der Waals surface area contributed by atoms with Gasteiger partial charge in [-0.2, -0.15) is 0 Å². The van der Waals surface area contributed by atoms with Crippen LogP contribution in [0.3, 0.4) is 0 Å². The Morgan fingerprint density at radius 2 is 1.73 bits per heavy atom. The molecule has 0 fully saturated rings. The third kappa shape index (κ3) is 3.97. The van der Waals surface area contributed by atoms with Gasteiger partial charge in [0, 0.05) is 5.69 Å². The van der Waals surface area contributed by atoms with E-state index in [0.29, 0.717) is 0 Å². The van der Waals surface area contributed by atoms with Crippen LogP contribution in [0.15, 0.2) is 40.6 Å². The van der Waals surface area contributed by atoms with E-state index in [1.54, 1.807) is 0 Å². The third-order valence-electron chi connectivity index (χ3n) is 2.43. The van der Waals surface area contributed by atoms with Gasteiger partial charge in [-0.1, -0.05) is 11.6 Å². The first kappa shape index (κ1) is 16.3. The van der Waals surface area contributed by atoms with E-state index in [4.69, 9.17) is 16.7 Å². The topological polar surface area (TPSA) is 113 Å². The van der Waals surface area contributed by atoms with Crippen molar-refractivity contribution in [2.75, 3.05) is 5.32 Å². The first-order valence-corrected chi connectivity index (χ1v) is 8.38. The van der Waals surface area contributed by atoms with Crippen LogP contribution in [-0.4, -0.2) is 25.5 Å². The highest BCUT2D eigenvalue weighted by Gasteiger charge is 2.19. The highest BCUT2D eigenvalue weighted by molar-refractivity contribution is 7.92. The lowest BCUT2D eigenvalue weighted by atomic mass is 10.2. The number of sulfonamides is 1. The van der Waals surface area contributed by atoms with E-state index in [0.717, 1.165) is 11.3 Å². The zero-order valence-corrected chi connectivity index (χ0v) is 13.1. The molecule has 2 amide bonds. The predicted molar refractivity (Wildman–Crippen MR) is 82.1 cm³/mol. The van der Waals surface area contributed by atoms with Gasteiger partial charge in [0.25, 0.3) is 10.0 Å². The first-order valence-electron chi connectivity index (χ1n) is 5.70. The van der Waals surface area contributed by atoms with Crippen LogP contribution in [0.4, 0.5) is 10.5 Å². The molecule has 7 nitrogen and oxygen atoms in total. The Balaban J connectivity index is 2.05. The number of urea groups is 1. The minimum absolute atomic E-state index is 0.0480. The SMILES string of the molecule is O=C(Nc1ccc(C(=O)O)cc1)NS(=O)(=O)c1ccc(Cl)s1. The highest BCUT2D eigenvalue weighted by Crippen LogP contribution is 2.25. The highest BCUT2D eigenvalue weighted by atomic mass is 35.5. The summed E-state index contributed by atoms with van der Waals surface area (Å²) in [5.41, 5.74) is 0.300. The van der Waals surface area contributed by atoms with Gasteiger partial charge < -0.3 is 10.4 Å². The largest absolute Gasteiger partial charge is 0.478 e. The Labute approximate surface area is 134 Å². The molecule has 0 spiro atoms. The Morgan fingerprint density at radius 3 is 2.23 bits per heavy atom. The molecule has 0 bridgehead atoms. The number of carbonyl (C=O) groups is 2. The number of nitrogens with one attached hydrogen (secondary N) is 2. The third-order valence-corrected chi connectivity index (χ3v) is 5.48. The molecule has 0 saturated carbocycles. The second-order valence-corrected chi connectivity index (χ2v) is 7.62. The van der Waals surface area contributed by atoms with Crippen LogP contribution < -0.4 is 10.0 Å². The summed E-state index contributed by atoms with van der Waals surface area (Å²) >= 11 is 6.47. The number of thiophene rings is 1. The fourth-order valence-electron chi connectivity index (χ4n) is 1.47. The lowest BCUT2D eigenvalue weighted by Crippen LogP contribution is -2.33. The molecular formula is C12H9ClN2O5S2. The van der Waals surface area contributed by atoms with Crippen LogP contribution in [0.25, 0.3) is 0 Å². The molecule has 1 aromatic heterocycles. The molecular weight excluding hydrogens is 352 g/mol. The molecule has 1 aromatic carbocycles. The molecule has 0 aliphatic heterocycles. The molecule has 10 heteroatoms. The van der Waals surface area contributed by atoms with Crippen molar-refractivity contribution in [1.29, 1.82) is 0 Å². The number of rotatable bonds is 4. The number of aromatic carboxylic acids is 1. The van der Waals surface area contributed by atoms with Crippen LogP contribution in [0, 0.1) is 0 Å². The van der Waals surface area contributed by atoms with Crippen molar-refractivity contribution in [2.45, 2.75) is 4.21 Å². The fraction of sp³-hybridized carbons (Fsp3) is 0. The number of halogens is 1. The number of benzene rings is 1. The maximum Gasteiger partial charge on any atom is 0.335 e. The van der Waals surface area contributed by atoms with E-state index < -0.39 is 22.0 Å². The van der Waals surface area contributed by atoms with Gasteiger partial charge in [0.1, 0.15) is 4.21 Å². The Bertz CT molecular complexity index is 814. The lowest BCUT2D eigenvalue weighted by Gasteiger charge is -2.07. The number of carbonyl (C=O) groups excluding carboxylic acids is 1. The summed E-state index contributed by atoms with van der Waals surface area (Å²) < 4.78 is 25.8. The van der Waals surface area contributed by atoms with Crippen LogP contribution >= 0.6 is 22.9 Å². The van der Waals surface area contributed by atoms with Crippen molar-refractivity contribution in [3.63, 3.8) is 0 Å². The van der Waals surface area contributed by atoms with Gasteiger partial charge in [0.15, 0.2) is 0 Å². The monoisotopic (exact) mass is 360 g/mol. The number of carboxylic acids is 1. The van der Waals surface area contributed by atoms with E-state index >= 15 is 0 Å². The summed E-state index contributed by atoms with van der Waals surface area (Å²) in [6.07, 6.45) is 0. The predicted octanol–water partition coefficient (Wildman–Crippen LogP) is 2.61. The average Bonchev–Trinajstić information content (AvgIpc) is 2.86. The van der Waals surface area contributed by atoms with Crippen LogP contribution in [-0.2, 0) is 10.0 Å². The molecule has 2 aromatic rings. The van der Waals surface area contributed by atoms with Gasteiger partial charge >= 0.3 is 12.0 Å². The van der Waals surface area contributed by atoms with Crippen LogP contribution in [0.1, 0.15) is 10.4 Å². The number of hydrogen-bond acceptors (Lipinski definition) is 5. The van der Waals surface area contributed by atoms with Gasteiger partial charge in [-0.3, -0.25) is 0 Å². The van der Waals surface area contributed by atoms with Crippen molar-refractivity contribution < 1.29 is 23.1 Å². The van der Waals surface area contributed by atoms with E-state index in [2.05, 4.69) is 5.32 Å². The summed E-state index contributed by atoms with van der Waals surface area (Å²) in [5, 5.41) is 11.0. The normalized spacial score (nSPS) is 11.0. The van der Waals surface area contributed by atoms with Crippen molar-refractivity contribution in [3.8, 4) is 0 Å². The van der Waals surface area contributed by atoms with Gasteiger partial charge in [-0.05, 0) is 36.4 Å². The fourth-order valence-corrected chi connectivity index (χ4v) is 3.86. The molecule has 22 heavy (non-hydrogen) atoms. The second kappa shape index (κ2) is 6.34. The number of anilines is 1. The Morgan fingerprint density at radius 1 is 1.09 bits per heavy atom. The van der Waals surface area contributed by atoms with Gasteiger partial charge in [0.2, 0.25) is 0 Å².